The summed E-state index contributed by atoms with van der Waals surface area (Å²) in [6.45, 7) is 0. The third-order valence-corrected chi connectivity index (χ3v) is 3.35. The zero-order valence-corrected chi connectivity index (χ0v) is 11.5. The minimum absolute atomic E-state index is 0.607. The van der Waals surface area contributed by atoms with Crippen molar-refractivity contribution in [3.63, 3.8) is 0 Å². The van der Waals surface area contributed by atoms with Gasteiger partial charge in [-0.25, -0.2) is 9.50 Å². The lowest BCUT2D eigenvalue weighted by atomic mass is 10.1. The number of hydrogen-bond donors (Lipinski definition) is 0. The number of hydrogen-bond acceptors (Lipinski definition) is 3. The highest BCUT2D eigenvalue weighted by Crippen LogP contribution is 2.13. The second kappa shape index (κ2) is 4.93. The Morgan fingerprint density at radius 3 is 2.74 bits per heavy atom. The number of nitrogens with zero attached hydrogens (tertiary/aromatic N) is 3. The fraction of sp³-hybridized carbons (Fsp3) is 0.0714. The van der Waals surface area contributed by atoms with Crippen molar-refractivity contribution >= 4 is 27.9 Å². The van der Waals surface area contributed by atoms with Crippen molar-refractivity contribution < 1.29 is 4.79 Å². The largest absolute Gasteiger partial charge is 0.298 e. The number of carbonyl (C=O) groups is 1. The number of aromatic nitrogens is 3. The molecular weight excluding hydrogens is 306 g/mol. The van der Waals surface area contributed by atoms with Crippen LogP contribution in [0.5, 0.6) is 0 Å². The summed E-state index contributed by atoms with van der Waals surface area (Å²) >= 11 is 3.41. The van der Waals surface area contributed by atoms with Gasteiger partial charge in [-0.3, -0.25) is 4.79 Å². The topological polar surface area (TPSA) is 47.3 Å². The third-order valence-electron chi connectivity index (χ3n) is 2.82. The number of pyridine rings is 1. The number of fused-ring (bicyclic) bond motifs is 1. The molecule has 19 heavy (non-hydrogen) atoms. The number of rotatable bonds is 3. The van der Waals surface area contributed by atoms with Crippen molar-refractivity contribution in [3.8, 4) is 0 Å². The number of benzene rings is 1. The first-order valence-electron chi connectivity index (χ1n) is 5.79. The Bertz CT molecular complexity index is 734. The van der Waals surface area contributed by atoms with E-state index in [1.807, 2.05) is 24.3 Å². The standard InChI is InChI=1S/C14H10BrN3O/c15-12-3-1-10(2-4-12)7-13-16-14-8-11(9-19)5-6-18(14)17-13/h1-6,8-9H,7H2. The van der Waals surface area contributed by atoms with E-state index in [9.17, 15) is 4.79 Å². The van der Waals surface area contributed by atoms with Crippen LogP contribution in [0.25, 0.3) is 5.65 Å². The van der Waals surface area contributed by atoms with E-state index >= 15 is 0 Å². The van der Waals surface area contributed by atoms with Crippen LogP contribution in [0.15, 0.2) is 47.1 Å². The maximum absolute atomic E-state index is 10.7. The molecule has 3 aromatic rings. The Morgan fingerprint density at radius 2 is 2.00 bits per heavy atom. The van der Waals surface area contributed by atoms with Crippen molar-refractivity contribution in [2.75, 3.05) is 0 Å². The van der Waals surface area contributed by atoms with Crippen LogP contribution < -0.4 is 0 Å². The Kier molecular flexibility index (Phi) is 3.13. The summed E-state index contributed by atoms with van der Waals surface area (Å²) in [7, 11) is 0. The van der Waals surface area contributed by atoms with Gasteiger partial charge in [-0.05, 0) is 29.8 Å². The normalized spacial score (nSPS) is 10.8. The van der Waals surface area contributed by atoms with E-state index in [4.69, 9.17) is 0 Å². The molecule has 0 saturated carbocycles. The highest BCUT2D eigenvalue weighted by atomic mass is 79.9. The van der Waals surface area contributed by atoms with Crippen LogP contribution in [0.3, 0.4) is 0 Å². The van der Waals surface area contributed by atoms with Gasteiger partial charge >= 0.3 is 0 Å². The van der Waals surface area contributed by atoms with Crippen molar-refractivity contribution in [2.45, 2.75) is 6.42 Å². The Balaban J connectivity index is 1.92. The van der Waals surface area contributed by atoms with Crippen LogP contribution in [-0.2, 0) is 6.42 Å². The van der Waals surface area contributed by atoms with Gasteiger partial charge < -0.3 is 0 Å². The molecule has 0 saturated heterocycles. The average Bonchev–Trinajstić information content (AvgIpc) is 2.82. The van der Waals surface area contributed by atoms with Gasteiger partial charge in [0.15, 0.2) is 11.5 Å². The van der Waals surface area contributed by atoms with Gasteiger partial charge in [0.1, 0.15) is 6.29 Å². The second-order valence-electron chi connectivity index (χ2n) is 4.21. The van der Waals surface area contributed by atoms with Crippen molar-refractivity contribution in [3.05, 3.63) is 64.0 Å². The molecule has 0 aliphatic heterocycles. The SMILES string of the molecule is O=Cc1ccn2nc(Cc3ccc(Br)cc3)nc2c1. The first kappa shape index (κ1) is 12.0. The third kappa shape index (κ3) is 2.56. The highest BCUT2D eigenvalue weighted by Gasteiger charge is 2.05. The lowest BCUT2D eigenvalue weighted by Crippen LogP contribution is -1.92. The molecule has 4 nitrogen and oxygen atoms in total. The van der Waals surface area contributed by atoms with E-state index in [-0.39, 0.29) is 0 Å². The summed E-state index contributed by atoms with van der Waals surface area (Å²) in [5, 5.41) is 4.38. The maximum Gasteiger partial charge on any atom is 0.156 e. The molecule has 3 rings (SSSR count). The quantitative estimate of drug-likeness (QED) is 0.698. The van der Waals surface area contributed by atoms with E-state index in [2.05, 4.69) is 26.0 Å². The Hall–Kier alpha value is -2.01. The van der Waals surface area contributed by atoms with Crippen LogP contribution >= 0.6 is 15.9 Å². The molecular formula is C14H10BrN3O. The zero-order valence-electron chi connectivity index (χ0n) is 9.95. The maximum atomic E-state index is 10.7. The molecule has 94 valence electrons. The molecule has 0 atom stereocenters. The molecule has 5 heteroatoms. The fourth-order valence-corrected chi connectivity index (χ4v) is 2.14. The van der Waals surface area contributed by atoms with E-state index in [1.165, 1.54) is 0 Å². The van der Waals surface area contributed by atoms with Crippen LogP contribution in [0.2, 0.25) is 0 Å². The summed E-state index contributed by atoms with van der Waals surface area (Å²) < 4.78 is 2.73. The van der Waals surface area contributed by atoms with E-state index in [1.54, 1.807) is 22.8 Å². The first-order valence-corrected chi connectivity index (χ1v) is 6.59. The van der Waals surface area contributed by atoms with Crippen LogP contribution in [-0.4, -0.2) is 20.9 Å². The van der Waals surface area contributed by atoms with Crippen molar-refractivity contribution in [1.29, 1.82) is 0 Å². The number of carbonyl (C=O) groups excluding carboxylic acids is 1. The average molecular weight is 316 g/mol. The van der Waals surface area contributed by atoms with Gasteiger partial charge in [-0.1, -0.05) is 28.1 Å². The van der Waals surface area contributed by atoms with Gasteiger partial charge in [-0.15, -0.1) is 0 Å². The molecule has 0 N–H and O–H groups in total. The van der Waals surface area contributed by atoms with Crippen molar-refractivity contribution in [2.24, 2.45) is 0 Å². The first-order chi connectivity index (χ1) is 9.24. The number of halogens is 1. The number of aldehydes is 1. The van der Waals surface area contributed by atoms with Crippen LogP contribution in [0, 0.1) is 0 Å². The molecule has 0 radical (unpaired) electrons. The highest BCUT2D eigenvalue weighted by molar-refractivity contribution is 9.10. The molecule has 0 amide bonds. The predicted molar refractivity (Wildman–Crippen MR) is 75.3 cm³/mol. The molecule has 0 spiro atoms. The van der Waals surface area contributed by atoms with E-state index in [0.717, 1.165) is 22.1 Å². The van der Waals surface area contributed by atoms with Crippen LogP contribution in [0.4, 0.5) is 0 Å². The molecule has 2 aromatic heterocycles. The van der Waals surface area contributed by atoms with E-state index in [0.29, 0.717) is 17.6 Å². The summed E-state index contributed by atoms with van der Waals surface area (Å²) in [5.41, 5.74) is 2.45. The monoisotopic (exact) mass is 315 g/mol. The lowest BCUT2D eigenvalue weighted by molar-refractivity contribution is 0.112. The molecule has 0 aliphatic carbocycles. The van der Waals surface area contributed by atoms with Gasteiger partial charge in [0.05, 0.1) is 0 Å². The second-order valence-corrected chi connectivity index (χ2v) is 5.13. The molecule has 1 aromatic carbocycles. The molecule has 0 aliphatic rings. The predicted octanol–water partition coefficient (Wildman–Crippen LogP) is 2.90. The van der Waals surface area contributed by atoms with Crippen LogP contribution in [0.1, 0.15) is 21.7 Å². The summed E-state index contributed by atoms with van der Waals surface area (Å²) in [6, 6.07) is 11.5. The zero-order chi connectivity index (χ0) is 13.2. The fourth-order valence-electron chi connectivity index (χ4n) is 1.88. The minimum Gasteiger partial charge on any atom is -0.298 e. The van der Waals surface area contributed by atoms with Gasteiger partial charge in [0, 0.05) is 22.7 Å². The summed E-state index contributed by atoms with van der Waals surface area (Å²) in [6.07, 6.45) is 3.23. The molecule has 0 fully saturated rings. The van der Waals surface area contributed by atoms with Gasteiger partial charge in [0.25, 0.3) is 0 Å². The summed E-state index contributed by atoms with van der Waals surface area (Å²) in [4.78, 5) is 15.1. The molecule has 2 heterocycles. The van der Waals surface area contributed by atoms with Gasteiger partial charge in [0.2, 0.25) is 0 Å². The van der Waals surface area contributed by atoms with E-state index < -0.39 is 0 Å². The minimum atomic E-state index is 0.607. The smallest absolute Gasteiger partial charge is 0.156 e. The summed E-state index contributed by atoms with van der Waals surface area (Å²) in [5.74, 6) is 0.741. The lowest BCUT2D eigenvalue weighted by Gasteiger charge is -1.96. The Labute approximate surface area is 118 Å². The Morgan fingerprint density at radius 1 is 1.21 bits per heavy atom. The molecule has 0 bridgehead atoms. The molecule has 0 unspecified atom stereocenters. The van der Waals surface area contributed by atoms with Gasteiger partial charge in [-0.2, -0.15) is 5.10 Å². The van der Waals surface area contributed by atoms with Crippen molar-refractivity contribution in [1.82, 2.24) is 14.6 Å².